The average molecular weight is 422 g/mol. The van der Waals surface area contributed by atoms with Crippen molar-refractivity contribution >= 4 is 18.1 Å². The van der Waals surface area contributed by atoms with Crippen LogP contribution in [-0.4, -0.2) is 31.8 Å². The molecule has 2 aromatic carbocycles. The molecule has 31 heavy (non-hydrogen) atoms. The number of aryl methyl sites for hydroxylation is 2. The molecule has 0 aliphatic heterocycles. The number of ether oxygens (including phenoxy) is 3. The standard InChI is InChI=1S/C23H22N2O6/c1-15-6-8-18(11-16(15)2)30-14-22(26)25-24-13-17-7-9-19(21(12-17)28-3)31-23(27)20-5-4-10-29-20/h4-13H,14H2,1-3H3,(H,25,26). The van der Waals surface area contributed by atoms with Crippen LogP contribution in [0.5, 0.6) is 17.2 Å². The topological polar surface area (TPSA) is 99.4 Å². The van der Waals surface area contributed by atoms with Crippen molar-refractivity contribution in [2.24, 2.45) is 5.10 Å². The number of benzene rings is 2. The van der Waals surface area contributed by atoms with Crippen molar-refractivity contribution in [2.75, 3.05) is 13.7 Å². The molecule has 0 aliphatic carbocycles. The normalized spacial score (nSPS) is 10.7. The number of hydrogen-bond donors (Lipinski definition) is 1. The Morgan fingerprint density at radius 2 is 1.90 bits per heavy atom. The second kappa shape index (κ2) is 10.1. The van der Waals surface area contributed by atoms with Crippen LogP contribution >= 0.6 is 0 Å². The van der Waals surface area contributed by atoms with Gasteiger partial charge in [-0.25, -0.2) is 10.2 Å². The third-order valence-electron chi connectivity index (χ3n) is 4.36. The van der Waals surface area contributed by atoms with E-state index in [4.69, 9.17) is 18.6 Å². The van der Waals surface area contributed by atoms with E-state index in [0.29, 0.717) is 17.1 Å². The highest BCUT2D eigenvalue weighted by Gasteiger charge is 2.14. The van der Waals surface area contributed by atoms with Crippen LogP contribution in [0.15, 0.2) is 64.3 Å². The van der Waals surface area contributed by atoms with Gasteiger partial charge in [0.2, 0.25) is 5.76 Å². The Balaban J connectivity index is 1.54. The molecular weight excluding hydrogens is 400 g/mol. The number of amides is 1. The molecule has 0 spiro atoms. The Hall–Kier alpha value is -4.07. The van der Waals surface area contributed by atoms with Gasteiger partial charge in [-0.15, -0.1) is 0 Å². The summed E-state index contributed by atoms with van der Waals surface area (Å²) in [4.78, 5) is 23.9. The van der Waals surface area contributed by atoms with E-state index >= 15 is 0 Å². The van der Waals surface area contributed by atoms with Gasteiger partial charge in [-0.3, -0.25) is 4.79 Å². The second-order valence-electron chi connectivity index (χ2n) is 6.61. The highest BCUT2D eigenvalue weighted by atomic mass is 16.6. The Kier molecular flexibility index (Phi) is 7.05. The number of rotatable bonds is 8. The van der Waals surface area contributed by atoms with Crippen molar-refractivity contribution in [1.29, 1.82) is 0 Å². The highest BCUT2D eigenvalue weighted by Crippen LogP contribution is 2.28. The monoisotopic (exact) mass is 422 g/mol. The zero-order chi connectivity index (χ0) is 22.2. The number of furan rings is 1. The molecule has 0 fully saturated rings. The van der Waals surface area contributed by atoms with E-state index in [9.17, 15) is 9.59 Å². The van der Waals surface area contributed by atoms with Crippen LogP contribution in [0, 0.1) is 13.8 Å². The second-order valence-corrected chi connectivity index (χ2v) is 6.61. The van der Waals surface area contributed by atoms with Crippen molar-refractivity contribution < 1.29 is 28.2 Å². The van der Waals surface area contributed by atoms with Gasteiger partial charge < -0.3 is 18.6 Å². The van der Waals surface area contributed by atoms with Gasteiger partial charge in [0, 0.05) is 0 Å². The molecule has 160 valence electrons. The van der Waals surface area contributed by atoms with Gasteiger partial charge in [-0.1, -0.05) is 6.07 Å². The molecule has 1 N–H and O–H groups in total. The van der Waals surface area contributed by atoms with Gasteiger partial charge in [0.1, 0.15) is 5.75 Å². The van der Waals surface area contributed by atoms with Crippen LogP contribution in [0.1, 0.15) is 27.2 Å². The Labute approximate surface area is 179 Å². The maximum Gasteiger partial charge on any atom is 0.379 e. The van der Waals surface area contributed by atoms with E-state index in [1.807, 2.05) is 32.0 Å². The predicted octanol–water partition coefficient (Wildman–Crippen LogP) is 3.65. The molecule has 1 heterocycles. The average Bonchev–Trinajstić information content (AvgIpc) is 3.30. The van der Waals surface area contributed by atoms with Crippen LogP contribution in [0.25, 0.3) is 0 Å². The first-order chi connectivity index (χ1) is 15.0. The zero-order valence-corrected chi connectivity index (χ0v) is 17.4. The fourth-order valence-electron chi connectivity index (χ4n) is 2.56. The molecule has 3 aromatic rings. The fraction of sp³-hybridized carbons (Fsp3) is 0.174. The van der Waals surface area contributed by atoms with E-state index in [-0.39, 0.29) is 18.1 Å². The van der Waals surface area contributed by atoms with Gasteiger partial charge in [0.15, 0.2) is 18.1 Å². The first kappa shape index (κ1) is 21.6. The Bertz CT molecular complexity index is 1090. The lowest BCUT2D eigenvalue weighted by Crippen LogP contribution is -2.24. The molecule has 8 nitrogen and oxygen atoms in total. The minimum atomic E-state index is -0.638. The number of hydrazone groups is 1. The van der Waals surface area contributed by atoms with Crippen LogP contribution in [0.2, 0.25) is 0 Å². The lowest BCUT2D eigenvalue weighted by molar-refractivity contribution is -0.123. The summed E-state index contributed by atoms with van der Waals surface area (Å²) in [7, 11) is 1.45. The fourth-order valence-corrected chi connectivity index (χ4v) is 2.56. The number of nitrogens with one attached hydrogen (secondary N) is 1. The van der Waals surface area contributed by atoms with Crippen molar-refractivity contribution in [2.45, 2.75) is 13.8 Å². The minimum Gasteiger partial charge on any atom is -0.493 e. The van der Waals surface area contributed by atoms with E-state index in [1.165, 1.54) is 25.7 Å². The van der Waals surface area contributed by atoms with E-state index in [1.54, 1.807) is 24.3 Å². The molecule has 0 aliphatic rings. The number of esters is 1. The summed E-state index contributed by atoms with van der Waals surface area (Å²) in [6.07, 6.45) is 2.82. The third kappa shape index (κ3) is 5.96. The lowest BCUT2D eigenvalue weighted by atomic mass is 10.1. The summed E-state index contributed by atoms with van der Waals surface area (Å²) in [5.41, 5.74) is 5.26. The summed E-state index contributed by atoms with van der Waals surface area (Å²) in [6.45, 7) is 3.82. The Morgan fingerprint density at radius 1 is 1.06 bits per heavy atom. The summed E-state index contributed by atoms with van der Waals surface area (Å²) in [5, 5.41) is 3.91. The third-order valence-corrected chi connectivity index (χ3v) is 4.36. The zero-order valence-electron chi connectivity index (χ0n) is 17.4. The molecule has 0 saturated heterocycles. The van der Waals surface area contributed by atoms with Gasteiger partial charge in [0.25, 0.3) is 5.91 Å². The summed E-state index contributed by atoms with van der Waals surface area (Å²) in [5.74, 6) is 0.219. The maximum atomic E-state index is 12.0. The smallest absolute Gasteiger partial charge is 0.379 e. The van der Waals surface area contributed by atoms with E-state index in [0.717, 1.165) is 11.1 Å². The molecule has 3 rings (SSSR count). The largest absolute Gasteiger partial charge is 0.493 e. The van der Waals surface area contributed by atoms with Crippen LogP contribution in [0.4, 0.5) is 0 Å². The van der Waals surface area contributed by atoms with E-state index in [2.05, 4.69) is 10.5 Å². The molecule has 1 aromatic heterocycles. The first-order valence-electron chi connectivity index (χ1n) is 9.42. The van der Waals surface area contributed by atoms with Crippen molar-refractivity contribution in [3.8, 4) is 17.2 Å². The quantitative estimate of drug-likeness (QED) is 0.257. The van der Waals surface area contributed by atoms with E-state index < -0.39 is 11.9 Å². The number of carbonyl (C=O) groups excluding carboxylic acids is 2. The van der Waals surface area contributed by atoms with Crippen LogP contribution in [-0.2, 0) is 4.79 Å². The number of nitrogens with zero attached hydrogens (tertiary/aromatic N) is 1. The van der Waals surface area contributed by atoms with Gasteiger partial charge in [-0.2, -0.15) is 5.10 Å². The molecule has 0 unspecified atom stereocenters. The number of hydrogen-bond acceptors (Lipinski definition) is 7. The summed E-state index contributed by atoms with van der Waals surface area (Å²) < 4.78 is 21.0. The summed E-state index contributed by atoms with van der Waals surface area (Å²) in [6, 6.07) is 13.6. The molecule has 0 saturated carbocycles. The molecular formula is C23H22N2O6. The van der Waals surface area contributed by atoms with Crippen molar-refractivity contribution in [1.82, 2.24) is 5.43 Å². The molecule has 1 amide bonds. The first-order valence-corrected chi connectivity index (χ1v) is 9.42. The summed E-state index contributed by atoms with van der Waals surface area (Å²) >= 11 is 0. The minimum absolute atomic E-state index is 0.0819. The molecule has 0 bridgehead atoms. The van der Waals surface area contributed by atoms with Crippen molar-refractivity contribution in [3.05, 3.63) is 77.2 Å². The van der Waals surface area contributed by atoms with Crippen LogP contribution in [0.3, 0.4) is 0 Å². The molecule has 8 heteroatoms. The van der Waals surface area contributed by atoms with Gasteiger partial charge in [-0.05, 0) is 73.0 Å². The lowest BCUT2D eigenvalue weighted by Gasteiger charge is -2.09. The predicted molar refractivity (Wildman–Crippen MR) is 114 cm³/mol. The number of carbonyl (C=O) groups is 2. The SMILES string of the molecule is COc1cc(C=NNC(=O)COc2ccc(C)c(C)c2)ccc1OC(=O)c1ccco1. The Morgan fingerprint density at radius 3 is 2.61 bits per heavy atom. The van der Waals surface area contributed by atoms with Crippen molar-refractivity contribution in [3.63, 3.8) is 0 Å². The highest BCUT2D eigenvalue weighted by molar-refractivity contribution is 5.89. The molecule has 0 atom stereocenters. The number of methoxy groups -OCH3 is 1. The van der Waals surface area contributed by atoms with Gasteiger partial charge >= 0.3 is 5.97 Å². The molecule has 0 radical (unpaired) electrons. The van der Waals surface area contributed by atoms with Crippen LogP contribution < -0.4 is 19.6 Å². The van der Waals surface area contributed by atoms with Gasteiger partial charge in [0.05, 0.1) is 19.6 Å². The maximum absolute atomic E-state index is 12.0.